The van der Waals surface area contributed by atoms with Gasteiger partial charge in [-0.2, -0.15) is 0 Å². The summed E-state index contributed by atoms with van der Waals surface area (Å²) in [7, 11) is 0. The molecule has 0 radical (unpaired) electrons. The first kappa shape index (κ1) is 15.3. The molecule has 0 fully saturated rings. The summed E-state index contributed by atoms with van der Waals surface area (Å²) < 4.78 is 0. The van der Waals surface area contributed by atoms with Crippen molar-refractivity contribution in [2.24, 2.45) is 0 Å². The molecule has 5 heteroatoms. The zero-order valence-corrected chi connectivity index (χ0v) is 12.9. The van der Waals surface area contributed by atoms with Crippen LogP contribution in [-0.2, 0) is 6.42 Å². The Kier molecular flexibility index (Phi) is 5.11. The van der Waals surface area contributed by atoms with Gasteiger partial charge in [-0.05, 0) is 50.1 Å². The Balaban J connectivity index is 1.77. The third-order valence-electron chi connectivity index (χ3n) is 2.94. The Bertz CT molecular complexity index is 649. The Hall–Kier alpha value is -2.14. The van der Waals surface area contributed by atoms with E-state index in [1.807, 2.05) is 43.3 Å². The summed E-state index contributed by atoms with van der Waals surface area (Å²) >= 11 is 1.48. The number of carbonyl (C=O) groups is 2. The van der Waals surface area contributed by atoms with E-state index in [1.165, 1.54) is 11.3 Å². The molecule has 0 bridgehead atoms. The molecule has 0 unspecified atom stereocenters. The summed E-state index contributed by atoms with van der Waals surface area (Å²) in [5, 5.41) is 5.60. The zero-order chi connectivity index (χ0) is 15.2. The summed E-state index contributed by atoms with van der Waals surface area (Å²) in [6.45, 7) is 4.07. The maximum absolute atomic E-state index is 11.8. The third kappa shape index (κ3) is 4.72. The van der Waals surface area contributed by atoms with Crippen molar-refractivity contribution in [3.63, 3.8) is 0 Å². The molecule has 1 aromatic carbocycles. The standard InChI is InChI=1S/C16H18N2O2S/c1-11-4-3-5-13(10-11)18-16(20)17-9-8-14-6-7-15(21-14)12(2)19/h3-7,10H,8-9H2,1-2H3,(H2,17,18,20). The third-order valence-corrected chi connectivity index (χ3v) is 4.19. The van der Waals surface area contributed by atoms with Gasteiger partial charge in [0.1, 0.15) is 0 Å². The minimum Gasteiger partial charge on any atom is -0.338 e. The number of aryl methyl sites for hydroxylation is 1. The predicted octanol–water partition coefficient (Wildman–Crippen LogP) is 3.62. The molecule has 0 aliphatic heterocycles. The monoisotopic (exact) mass is 302 g/mol. The summed E-state index contributed by atoms with van der Waals surface area (Å²) in [6.07, 6.45) is 0.721. The van der Waals surface area contributed by atoms with Gasteiger partial charge < -0.3 is 10.6 Å². The molecule has 21 heavy (non-hydrogen) atoms. The van der Waals surface area contributed by atoms with Gasteiger partial charge in [0.15, 0.2) is 5.78 Å². The van der Waals surface area contributed by atoms with Crippen molar-refractivity contribution in [2.45, 2.75) is 20.3 Å². The molecule has 1 aromatic heterocycles. The molecule has 0 aliphatic rings. The number of thiophene rings is 1. The highest BCUT2D eigenvalue weighted by Gasteiger charge is 2.05. The molecular weight excluding hydrogens is 284 g/mol. The van der Waals surface area contributed by atoms with Crippen LogP contribution in [0.1, 0.15) is 27.0 Å². The number of anilines is 1. The number of urea groups is 1. The second-order valence-corrected chi connectivity index (χ2v) is 5.99. The number of Topliss-reactive ketones (excluding diaryl/α,β-unsaturated/α-hetero) is 1. The van der Waals surface area contributed by atoms with Crippen LogP contribution in [0.4, 0.5) is 10.5 Å². The molecule has 0 saturated heterocycles. The van der Waals surface area contributed by atoms with Gasteiger partial charge in [0.25, 0.3) is 0 Å². The molecular formula is C16H18N2O2S. The SMILES string of the molecule is CC(=O)c1ccc(CCNC(=O)Nc2cccc(C)c2)s1. The van der Waals surface area contributed by atoms with Crippen molar-refractivity contribution in [1.82, 2.24) is 5.32 Å². The van der Waals surface area contributed by atoms with Gasteiger partial charge in [-0.25, -0.2) is 4.79 Å². The number of nitrogens with one attached hydrogen (secondary N) is 2. The minimum absolute atomic E-state index is 0.0800. The van der Waals surface area contributed by atoms with Gasteiger partial charge in [-0.1, -0.05) is 12.1 Å². The molecule has 0 saturated carbocycles. The fraction of sp³-hybridized carbons (Fsp3) is 0.250. The second kappa shape index (κ2) is 7.04. The highest BCUT2D eigenvalue weighted by atomic mass is 32.1. The molecule has 0 aliphatic carbocycles. The number of carbonyl (C=O) groups excluding carboxylic acids is 2. The summed E-state index contributed by atoms with van der Waals surface area (Å²) in [5.74, 6) is 0.0800. The van der Waals surface area contributed by atoms with Gasteiger partial charge in [0.05, 0.1) is 4.88 Å². The number of hydrogen-bond donors (Lipinski definition) is 2. The van der Waals surface area contributed by atoms with E-state index in [0.717, 1.165) is 27.4 Å². The maximum atomic E-state index is 11.8. The van der Waals surface area contributed by atoms with Gasteiger partial charge in [0, 0.05) is 17.1 Å². The van der Waals surface area contributed by atoms with Gasteiger partial charge >= 0.3 is 6.03 Å². The molecule has 2 amide bonds. The van der Waals surface area contributed by atoms with E-state index < -0.39 is 0 Å². The van der Waals surface area contributed by atoms with Crippen LogP contribution >= 0.6 is 11.3 Å². The Morgan fingerprint density at radius 3 is 2.67 bits per heavy atom. The van der Waals surface area contributed by atoms with Crippen molar-refractivity contribution in [2.75, 3.05) is 11.9 Å². The number of hydrogen-bond acceptors (Lipinski definition) is 3. The molecule has 2 N–H and O–H groups in total. The van der Waals surface area contributed by atoms with Crippen molar-refractivity contribution in [3.8, 4) is 0 Å². The van der Waals surface area contributed by atoms with E-state index in [-0.39, 0.29) is 11.8 Å². The van der Waals surface area contributed by atoms with Crippen LogP contribution in [0.25, 0.3) is 0 Å². The molecule has 4 nitrogen and oxygen atoms in total. The normalized spacial score (nSPS) is 10.2. The number of amides is 2. The van der Waals surface area contributed by atoms with E-state index >= 15 is 0 Å². The smallest absolute Gasteiger partial charge is 0.319 e. The largest absolute Gasteiger partial charge is 0.338 e. The minimum atomic E-state index is -0.219. The Morgan fingerprint density at radius 2 is 2.00 bits per heavy atom. The Morgan fingerprint density at radius 1 is 1.19 bits per heavy atom. The Labute approximate surface area is 128 Å². The van der Waals surface area contributed by atoms with E-state index in [0.29, 0.717) is 6.54 Å². The van der Waals surface area contributed by atoms with Crippen LogP contribution in [-0.4, -0.2) is 18.4 Å². The van der Waals surface area contributed by atoms with Crippen LogP contribution in [0.3, 0.4) is 0 Å². The first-order valence-electron chi connectivity index (χ1n) is 6.76. The van der Waals surface area contributed by atoms with E-state index in [9.17, 15) is 9.59 Å². The number of ketones is 1. The highest BCUT2D eigenvalue weighted by molar-refractivity contribution is 7.14. The average Bonchev–Trinajstić information content (AvgIpc) is 2.87. The first-order valence-corrected chi connectivity index (χ1v) is 7.57. The maximum Gasteiger partial charge on any atom is 0.319 e. The lowest BCUT2D eigenvalue weighted by Crippen LogP contribution is -2.30. The summed E-state index contributed by atoms with van der Waals surface area (Å²) in [5.41, 5.74) is 1.88. The van der Waals surface area contributed by atoms with Crippen LogP contribution in [0.15, 0.2) is 36.4 Å². The molecule has 110 valence electrons. The van der Waals surface area contributed by atoms with Gasteiger partial charge in [-0.15, -0.1) is 11.3 Å². The fourth-order valence-electron chi connectivity index (χ4n) is 1.90. The lowest BCUT2D eigenvalue weighted by Gasteiger charge is -2.07. The first-order chi connectivity index (χ1) is 10.0. The quantitative estimate of drug-likeness (QED) is 0.829. The predicted molar refractivity (Wildman–Crippen MR) is 86.2 cm³/mol. The molecule has 2 rings (SSSR count). The van der Waals surface area contributed by atoms with Crippen LogP contribution < -0.4 is 10.6 Å². The van der Waals surface area contributed by atoms with Crippen LogP contribution in [0.5, 0.6) is 0 Å². The lowest BCUT2D eigenvalue weighted by atomic mass is 10.2. The molecule has 2 aromatic rings. The van der Waals surface area contributed by atoms with Crippen molar-refractivity contribution in [3.05, 3.63) is 51.7 Å². The topological polar surface area (TPSA) is 58.2 Å². The summed E-state index contributed by atoms with van der Waals surface area (Å²) in [4.78, 5) is 24.8. The summed E-state index contributed by atoms with van der Waals surface area (Å²) in [6, 6.07) is 11.2. The zero-order valence-electron chi connectivity index (χ0n) is 12.1. The number of benzene rings is 1. The molecule has 0 spiro atoms. The number of rotatable bonds is 5. The van der Waals surface area contributed by atoms with Crippen LogP contribution in [0.2, 0.25) is 0 Å². The van der Waals surface area contributed by atoms with Crippen molar-refractivity contribution in [1.29, 1.82) is 0 Å². The lowest BCUT2D eigenvalue weighted by molar-refractivity contribution is 0.102. The van der Waals surface area contributed by atoms with E-state index in [2.05, 4.69) is 10.6 Å². The van der Waals surface area contributed by atoms with E-state index in [1.54, 1.807) is 6.92 Å². The van der Waals surface area contributed by atoms with Gasteiger partial charge in [0.2, 0.25) is 0 Å². The average molecular weight is 302 g/mol. The molecule has 0 atom stereocenters. The van der Waals surface area contributed by atoms with Crippen LogP contribution in [0, 0.1) is 6.92 Å². The van der Waals surface area contributed by atoms with E-state index in [4.69, 9.17) is 0 Å². The molecule has 1 heterocycles. The fourth-order valence-corrected chi connectivity index (χ4v) is 2.80. The highest BCUT2D eigenvalue weighted by Crippen LogP contribution is 2.17. The second-order valence-electron chi connectivity index (χ2n) is 4.82. The van der Waals surface area contributed by atoms with Gasteiger partial charge in [-0.3, -0.25) is 4.79 Å². The van der Waals surface area contributed by atoms with Crippen molar-refractivity contribution < 1.29 is 9.59 Å². The van der Waals surface area contributed by atoms with Crippen molar-refractivity contribution >= 4 is 28.8 Å².